The molecule has 0 aliphatic rings. The Labute approximate surface area is 101 Å². The predicted molar refractivity (Wildman–Crippen MR) is 58.9 cm³/mol. The molecule has 0 bridgehead atoms. The lowest BCUT2D eigenvalue weighted by atomic mass is 10.1. The van der Waals surface area contributed by atoms with Gasteiger partial charge in [-0.2, -0.15) is 13.2 Å². The molecule has 1 aromatic carbocycles. The molecule has 0 aliphatic heterocycles. The van der Waals surface area contributed by atoms with Gasteiger partial charge in [-0.1, -0.05) is 0 Å². The summed E-state index contributed by atoms with van der Waals surface area (Å²) in [7, 11) is 1.56. The molecule has 0 saturated carbocycles. The fourth-order valence-electron chi connectivity index (χ4n) is 1.21. The number of hydrogen-bond donors (Lipinski definition) is 2. The molecule has 2 N–H and O–H groups in total. The van der Waals surface area contributed by atoms with Crippen LogP contribution in [-0.2, 0) is 0 Å². The van der Waals surface area contributed by atoms with Gasteiger partial charge in [0.15, 0.2) is 0 Å². The van der Waals surface area contributed by atoms with E-state index in [4.69, 9.17) is 0 Å². The molecule has 1 rings (SSSR count). The summed E-state index contributed by atoms with van der Waals surface area (Å²) in [4.78, 5) is 11.5. The van der Waals surface area contributed by atoms with Crippen molar-refractivity contribution in [3.05, 3.63) is 29.6 Å². The first kappa shape index (κ1) is 14.3. The largest absolute Gasteiger partial charge is 0.408 e. The molecule has 0 aromatic heterocycles. The number of nitrogens with one attached hydrogen (secondary N) is 2. The quantitative estimate of drug-likeness (QED) is 0.824. The molecule has 1 amide bonds. The van der Waals surface area contributed by atoms with Gasteiger partial charge >= 0.3 is 6.18 Å². The smallest absolute Gasteiger partial charge is 0.388 e. The molecule has 0 radical (unpaired) electrons. The van der Waals surface area contributed by atoms with Gasteiger partial charge < -0.3 is 10.6 Å². The number of alkyl halides is 3. The zero-order valence-electron chi connectivity index (χ0n) is 9.73. The minimum atomic E-state index is -4.56. The van der Waals surface area contributed by atoms with Crippen molar-refractivity contribution in [1.82, 2.24) is 5.32 Å². The molecule has 7 heteroatoms. The Morgan fingerprint density at radius 3 is 2.39 bits per heavy atom. The third kappa shape index (κ3) is 3.35. The summed E-state index contributed by atoms with van der Waals surface area (Å²) in [5, 5.41) is 4.34. The monoisotopic (exact) mass is 264 g/mol. The Morgan fingerprint density at radius 2 is 1.94 bits per heavy atom. The lowest BCUT2D eigenvalue weighted by Crippen LogP contribution is -2.43. The standard InChI is InChI=1S/C11H12F4N2O/c1-6(11(13,14)15)17-10(18)8-4-3-7(16-2)5-9(8)12/h3-6,16H,1-2H3,(H,17,18)/t6-/m1/s1. The molecule has 18 heavy (non-hydrogen) atoms. The number of carbonyl (C=O) groups is 1. The highest BCUT2D eigenvalue weighted by atomic mass is 19.4. The summed E-state index contributed by atoms with van der Waals surface area (Å²) < 4.78 is 50.1. The van der Waals surface area contributed by atoms with Crippen LogP contribution >= 0.6 is 0 Å². The number of rotatable bonds is 3. The molecule has 3 nitrogen and oxygen atoms in total. The van der Waals surface area contributed by atoms with Gasteiger partial charge in [-0.05, 0) is 25.1 Å². The summed E-state index contributed by atoms with van der Waals surface area (Å²) >= 11 is 0. The number of anilines is 1. The summed E-state index contributed by atoms with van der Waals surface area (Å²) in [6.45, 7) is 0.789. The van der Waals surface area contributed by atoms with Crippen molar-refractivity contribution in [2.75, 3.05) is 12.4 Å². The molecule has 1 aromatic rings. The van der Waals surface area contributed by atoms with E-state index < -0.39 is 29.5 Å². The van der Waals surface area contributed by atoms with E-state index in [0.29, 0.717) is 5.69 Å². The zero-order chi connectivity index (χ0) is 13.9. The first-order chi connectivity index (χ1) is 8.25. The van der Waals surface area contributed by atoms with E-state index in [0.717, 1.165) is 19.1 Å². The number of halogens is 4. The van der Waals surface area contributed by atoms with E-state index in [1.54, 1.807) is 12.4 Å². The molecular weight excluding hydrogens is 252 g/mol. The average Bonchev–Trinajstić information content (AvgIpc) is 2.27. The molecule has 0 saturated heterocycles. The van der Waals surface area contributed by atoms with Gasteiger partial charge in [0.05, 0.1) is 5.56 Å². The summed E-state index contributed by atoms with van der Waals surface area (Å²) in [5.74, 6) is -1.98. The second-order valence-electron chi connectivity index (χ2n) is 3.68. The number of hydrogen-bond acceptors (Lipinski definition) is 2. The fourth-order valence-corrected chi connectivity index (χ4v) is 1.21. The first-order valence-corrected chi connectivity index (χ1v) is 5.10. The topological polar surface area (TPSA) is 41.1 Å². The molecule has 0 unspecified atom stereocenters. The minimum absolute atomic E-state index is 0.424. The average molecular weight is 264 g/mol. The zero-order valence-corrected chi connectivity index (χ0v) is 9.73. The van der Waals surface area contributed by atoms with Gasteiger partial charge in [0.25, 0.3) is 5.91 Å². The van der Waals surface area contributed by atoms with Crippen LogP contribution in [0.5, 0.6) is 0 Å². The van der Waals surface area contributed by atoms with Crippen LogP contribution in [0.3, 0.4) is 0 Å². The van der Waals surface area contributed by atoms with E-state index in [-0.39, 0.29) is 0 Å². The van der Waals surface area contributed by atoms with Crippen LogP contribution in [0.2, 0.25) is 0 Å². The third-order valence-corrected chi connectivity index (χ3v) is 2.34. The maximum Gasteiger partial charge on any atom is 0.408 e. The second kappa shape index (κ2) is 5.24. The second-order valence-corrected chi connectivity index (χ2v) is 3.68. The van der Waals surface area contributed by atoms with Crippen molar-refractivity contribution in [2.24, 2.45) is 0 Å². The van der Waals surface area contributed by atoms with Crippen molar-refractivity contribution in [3.8, 4) is 0 Å². The minimum Gasteiger partial charge on any atom is -0.388 e. The molecule has 0 heterocycles. The van der Waals surface area contributed by atoms with Crippen LogP contribution in [0.25, 0.3) is 0 Å². The van der Waals surface area contributed by atoms with Crippen LogP contribution in [0, 0.1) is 5.82 Å². The molecule has 0 aliphatic carbocycles. The Balaban J connectivity index is 2.85. The van der Waals surface area contributed by atoms with Gasteiger partial charge in [0.2, 0.25) is 0 Å². The lowest BCUT2D eigenvalue weighted by molar-refractivity contribution is -0.149. The maximum atomic E-state index is 13.5. The van der Waals surface area contributed by atoms with E-state index in [1.165, 1.54) is 6.07 Å². The normalized spacial score (nSPS) is 13.0. The van der Waals surface area contributed by atoms with Crippen LogP contribution in [0.15, 0.2) is 18.2 Å². The summed E-state index contributed by atoms with van der Waals surface area (Å²) in [5.41, 5.74) is -0.00183. The highest BCUT2D eigenvalue weighted by Crippen LogP contribution is 2.20. The van der Waals surface area contributed by atoms with Crippen LogP contribution in [0.1, 0.15) is 17.3 Å². The highest BCUT2D eigenvalue weighted by Gasteiger charge is 2.37. The maximum absolute atomic E-state index is 13.5. The Kier molecular flexibility index (Phi) is 4.15. The number of carbonyl (C=O) groups excluding carboxylic acids is 1. The van der Waals surface area contributed by atoms with Crippen LogP contribution in [0.4, 0.5) is 23.2 Å². The van der Waals surface area contributed by atoms with Crippen molar-refractivity contribution in [3.63, 3.8) is 0 Å². The first-order valence-electron chi connectivity index (χ1n) is 5.10. The van der Waals surface area contributed by atoms with Gasteiger partial charge in [-0.15, -0.1) is 0 Å². The third-order valence-electron chi connectivity index (χ3n) is 2.34. The van der Waals surface area contributed by atoms with E-state index in [2.05, 4.69) is 5.32 Å². The Bertz CT molecular complexity index is 445. The van der Waals surface area contributed by atoms with E-state index in [9.17, 15) is 22.4 Å². The lowest BCUT2D eigenvalue weighted by Gasteiger charge is -2.17. The molecular formula is C11H12F4N2O. The van der Waals surface area contributed by atoms with E-state index >= 15 is 0 Å². The summed E-state index contributed by atoms with van der Waals surface area (Å²) in [6.07, 6.45) is -4.56. The van der Waals surface area contributed by atoms with Crippen molar-refractivity contribution < 1.29 is 22.4 Å². The summed E-state index contributed by atoms with van der Waals surface area (Å²) in [6, 6.07) is 1.52. The van der Waals surface area contributed by atoms with Gasteiger partial charge in [-0.3, -0.25) is 4.79 Å². The molecule has 0 fully saturated rings. The number of amides is 1. The van der Waals surface area contributed by atoms with E-state index in [1.807, 2.05) is 0 Å². The SMILES string of the molecule is CNc1ccc(C(=O)N[C@H](C)C(F)(F)F)c(F)c1. The predicted octanol–water partition coefficient (Wildman–Crippen LogP) is 2.55. The molecule has 100 valence electrons. The highest BCUT2D eigenvalue weighted by molar-refractivity contribution is 5.95. The van der Waals surface area contributed by atoms with Crippen LogP contribution < -0.4 is 10.6 Å². The van der Waals surface area contributed by atoms with Crippen LogP contribution in [-0.4, -0.2) is 25.2 Å². The van der Waals surface area contributed by atoms with Gasteiger partial charge in [-0.25, -0.2) is 4.39 Å². The van der Waals surface area contributed by atoms with Gasteiger partial charge in [0.1, 0.15) is 11.9 Å². The fraction of sp³-hybridized carbons (Fsp3) is 0.364. The molecule has 0 spiro atoms. The number of benzene rings is 1. The van der Waals surface area contributed by atoms with Crippen molar-refractivity contribution in [1.29, 1.82) is 0 Å². The van der Waals surface area contributed by atoms with Crippen molar-refractivity contribution in [2.45, 2.75) is 19.1 Å². The Hall–Kier alpha value is -1.79. The van der Waals surface area contributed by atoms with Crippen molar-refractivity contribution >= 4 is 11.6 Å². The van der Waals surface area contributed by atoms with Gasteiger partial charge in [0, 0.05) is 12.7 Å². The molecule has 1 atom stereocenters. The Morgan fingerprint density at radius 1 is 1.33 bits per heavy atom.